The van der Waals surface area contributed by atoms with Crippen molar-refractivity contribution in [2.24, 2.45) is 0 Å². The summed E-state index contributed by atoms with van der Waals surface area (Å²) in [7, 11) is 0. The van der Waals surface area contributed by atoms with Gasteiger partial charge in [0, 0.05) is 11.7 Å². The van der Waals surface area contributed by atoms with Gasteiger partial charge in [0.2, 0.25) is 5.91 Å². The Morgan fingerprint density at radius 2 is 1.79 bits per heavy atom. The van der Waals surface area contributed by atoms with Gasteiger partial charge in [0.15, 0.2) is 6.10 Å². The van der Waals surface area contributed by atoms with Gasteiger partial charge in [0.25, 0.3) is 5.91 Å². The van der Waals surface area contributed by atoms with E-state index in [0.717, 1.165) is 18.4 Å². The van der Waals surface area contributed by atoms with Crippen LogP contribution >= 0.6 is 12.4 Å². The Morgan fingerprint density at radius 3 is 2.45 bits per heavy atom. The minimum atomic E-state index is -0.731. The quantitative estimate of drug-likeness (QED) is 0.706. The average molecular weight is 418 g/mol. The van der Waals surface area contributed by atoms with Gasteiger partial charge in [-0.15, -0.1) is 12.4 Å². The molecule has 6 nitrogen and oxygen atoms in total. The van der Waals surface area contributed by atoms with E-state index >= 15 is 0 Å². The molecule has 0 bridgehead atoms. The third-order valence-corrected chi connectivity index (χ3v) is 5.03. The highest BCUT2D eigenvalue weighted by molar-refractivity contribution is 5.98. The Hall–Kier alpha value is -2.73. The van der Waals surface area contributed by atoms with Crippen molar-refractivity contribution in [1.82, 2.24) is 5.32 Å². The second-order valence-corrected chi connectivity index (χ2v) is 7.02. The number of amides is 2. The monoisotopic (exact) mass is 417 g/mol. The number of nitrogens with two attached hydrogens (primary N) is 1. The first-order valence-electron chi connectivity index (χ1n) is 9.72. The summed E-state index contributed by atoms with van der Waals surface area (Å²) in [5.41, 5.74) is 7.95. The molecule has 1 aliphatic rings. The van der Waals surface area contributed by atoms with Crippen molar-refractivity contribution in [3.05, 3.63) is 54.1 Å². The second-order valence-electron chi connectivity index (χ2n) is 7.02. The van der Waals surface area contributed by atoms with Crippen molar-refractivity contribution in [2.75, 3.05) is 17.2 Å². The molecule has 1 unspecified atom stereocenters. The molecule has 0 aliphatic carbocycles. The van der Waals surface area contributed by atoms with Crippen LogP contribution in [0.4, 0.5) is 11.4 Å². The molecule has 1 heterocycles. The van der Waals surface area contributed by atoms with Crippen LogP contribution in [-0.2, 0) is 16.0 Å². The fraction of sp³-hybridized carbons (Fsp3) is 0.364. The number of nitrogens with one attached hydrogen (secondary N) is 1. The minimum absolute atomic E-state index is 0. The maximum Gasteiger partial charge on any atom is 0.263 e. The normalized spacial score (nSPS) is 15.1. The van der Waals surface area contributed by atoms with Gasteiger partial charge in [-0.1, -0.05) is 38.1 Å². The molecular formula is C22H28ClN3O3. The number of anilines is 2. The molecule has 0 fully saturated rings. The van der Waals surface area contributed by atoms with Gasteiger partial charge in [0.1, 0.15) is 5.75 Å². The van der Waals surface area contributed by atoms with Crippen LogP contribution in [0.5, 0.6) is 5.75 Å². The predicted molar refractivity (Wildman–Crippen MR) is 118 cm³/mol. The van der Waals surface area contributed by atoms with E-state index < -0.39 is 6.10 Å². The van der Waals surface area contributed by atoms with Crippen LogP contribution in [0.1, 0.15) is 32.3 Å². The van der Waals surface area contributed by atoms with Gasteiger partial charge in [0.05, 0.1) is 18.7 Å². The Balaban J connectivity index is 0.00000300. The minimum Gasteiger partial charge on any atom is -0.477 e. The van der Waals surface area contributed by atoms with Crippen LogP contribution in [0.3, 0.4) is 0 Å². The van der Waals surface area contributed by atoms with Crippen LogP contribution in [0.15, 0.2) is 48.5 Å². The van der Waals surface area contributed by atoms with Crippen LogP contribution < -0.4 is 20.7 Å². The van der Waals surface area contributed by atoms with Crippen molar-refractivity contribution >= 4 is 35.6 Å². The molecule has 156 valence electrons. The van der Waals surface area contributed by atoms with Gasteiger partial charge >= 0.3 is 0 Å². The van der Waals surface area contributed by atoms with E-state index in [2.05, 4.69) is 5.32 Å². The van der Waals surface area contributed by atoms with E-state index in [9.17, 15) is 9.59 Å². The third-order valence-electron chi connectivity index (χ3n) is 5.03. The van der Waals surface area contributed by atoms with Crippen LogP contribution in [-0.4, -0.2) is 30.5 Å². The maximum atomic E-state index is 13.0. The number of fused-ring (bicyclic) bond motifs is 1. The molecule has 1 atom stereocenters. The zero-order valence-corrected chi connectivity index (χ0v) is 17.6. The Labute approximate surface area is 177 Å². The first-order chi connectivity index (χ1) is 13.5. The molecule has 0 spiro atoms. The van der Waals surface area contributed by atoms with E-state index in [1.165, 1.54) is 0 Å². The van der Waals surface area contributed by atoms with E-state index in [1.54, 1.807) is 23.1 Å². The second kappa shape index (κ2) is 10.2. The number of carbonyl (C=O) groups is 2. The first kappa shape index (κ1) is 22.6. The smallest absolute Gasteiger partial charge is 0.263 e. The Bertz CT molecular complexity index is 837. The lowest BCUT2D eigenvalue weighted by Gasteiger charge is -2.34. The van der Waals surface area contributed by atoms with Gasteiger partial charge in [-0.25, -0.2) is 0 Å². The summed E-state index contributed by atoms with van der Waals surface area (Å²) in [6.07, 6.45) is 1.21. The highest BCUT2D eigenvalue weighted by Crippen LogP contribution is 2.33. The molecule has 2 aromatic rings. The van der Waals surface area contributed by atoms with Crippen molar-refractivity contribution in [3.8, 4) is 5.75 Å². The number of hydrogen-bond acceptors (Lipinski definition) is 4. The number of nitrogens with zero attached hydrogens (tertiary/aromatic N) is 1. The number of para-hydroxylation sites is 2. The number of halogens is 1. The lowest BCUT2D eigenvalue weighted by Crippen LogP contribution is -2.52. The molecule has 29 heavy (non-hydrogen) atoms. The summed E-state index contributed by atoms with van der Waals surface area (Å²) in [6.45, 7) is 4.26. The highest BCUT2D eigenvalue weighted by atomic mass is 35.5. The van der Waals surface area contributed by atoms with Crippen LogP contribution in [0.2, 0.25) is 0 Å². The van der Waals surface area contributed by atoms with Gasteiger partial charge in [-0.3, -0.25) is 9.59 Å². The van der Waals surface area contributed by atoms with Crippen LogP contribution in [0, 0.1) is 0 Å². The molecule has 2 amide bonds. The number of benzene rings is 2. The summed E-state index contributed by atoms with van der Waals surface area (Å²) in [5.74, 6) is 0.276. The van der Waals surface area contributed by atoms with Gasteiger partial charge in [-0.2, -0.15) is 0 Å². The van der Waals surface area contributed by atoms with Gasteiger partial charge < -0.3 is 20.7 Å². The van der Waals surface area contributed by atoms with Crippen molar-refractivity contribution in [3.63, 3.8) is 0 Å². The number of rotatable bonds is 6. The first-order valence-corrected chi connectivity index (χ1v) is 9.72. The lowest BCUT2D eigenvalue weighted by atomic mass is 10.1. The molecule has 0 aromatic heterocycles. The third kappa shape index (κ3) is 5.41. The summed E-state index contributed by atoms with van der Waals surface area (Å²) < 4.78 is 5.91. The Morgan fingerprint density at radius 1 is 1.14 bits per heavy atom. The van der Waals surface area contributed by atoms with Crippen molar-refractivity contribution in [1.29, 1.82) is 0 Å². The molecule has 3 rings (SSSR count). The topological polar surface area (TPSA) is 84.7 Å². The number of ether oxygens (including phenoxy) is 1. The number of hydrogen-bond donors (Lipinski definition) is 2. The van der Waals surface area contributed by atoms with Gasteiger partial charge in [-0.05, 0) is 42.7 Å². The van der Waals surface area contributed by atoms with Crippen LogP contribution in [0.25, 0.3) is 0 Å². The zero-order valence-electron chi connectivity index (χ0n) is 16.8. The summed E-state index contributed by atoms with van der Waals surface area (Å²) in [5, 5.41) is 3.02. The Kier molecular flexibility index (Phi) is 7.91. The lowest BCUT2D eigenvalue weighted by molar-refractivity contribution is -0.129. The standard InChI is InChI=1S/C22H27N3O3.ClH/c1-3-17(4-2)24-22(27)20-14-25(18-7-5-6-8-19(18)28-20)21(26)13-15-9-11-16(23)12-10-15;/h5-12,17,20H,3-4,13-14,23H2,1-2H3,(H,24,27);1H. The molecule has 0 radical (unpaired) electrons. The molecule has 3 N–H and O–H groups in total. The fourth-order valence-electron chi connectivity index (χ4n) is 3.30. The SMILES string of the molecule is CCC(CC)NC(=O)C1CN(C(=O)Cc2ccc(N)cc2)c2ccccc2O1.Cl. The highest BCUT2D eigenvalue weighted by Gasteiger charge is 2.34. The van der Waals surface area contributed by atoms with E-state index in [0.29, 0.717) is 17.1 Å². The average Bonchev–Trinajstić information content (AvgIpc) is 2.72. The molecule has 1 aliphatic heterocycles. The summed E-state index contributed by atoms with van der Waals surface area (Å²) >= 11 is 0. The largest absolute Gasteiger partial charge is 0.477 e. The molecular weight excluding hydrogens is 390 g/mol. The zero-order chi connectivity index (χ0) is 20.1. The van der Waals surface area contributed by atoms with Crippen molar-refractivity contribution < 1.29 is 14.3 Å². The molecule has 0 saturated heterocycles. The predicted octanol–water partition coefficient (Wildman–Crippen LogP) is 3.33. The van der Waals surface area contributed by atoms with E-state index in [1.807, 2.05) is 44.2 Å². The fourth-order valence-corrected chi connectivity index (χ4v) is 3.30. The molecule has 0 saturated carbocycles. The summed E-state index contributed by atoms with van der Waals surface area (Å²) in [6, 6.07) is 14.7. The number of nitrogen functional groups attached to an aromatic ring is 1. The summed E-state index contributed by atoms with van der Waals surface area (Å²) in [4.78, 5) is 27.4. The molecule has 2 aromatic carbocycles. The van der Waals surface area contributed by atoms with E-state index in [4.69, 9.17) is 10.5 Å². The maximum absolute atomic E-state index is 13.0. The number of carbonyl (C=O) groups excluding carboxylic acids is 2. The molecule has 7 heteroatoms. The van der Waals surface area contributed by atoms with Crippen molar-refractivity contribution in [2.45, 2.75) is 45.3 Å². The van der Waals surface area contributed by atoms with E-state index in [-0.39, 0.29) is 43.2 Å².